The highest BCUT2D eigenvalue weighted by Gasteiger charge is 2.29. The van der Waals surface area contributed by atoms with E-state index in [1.807, 2.05) is 23.6 Å². The van der Waals surface area contributed by atoms with E-state index < -0.39 is 10.0 Å². The molecule has 3 rings (SSSR count). The van der Waals surface area contributed by atoms with E-state index >= 15 is 0 Å². The van der Waals surface area contributed by atoms with E-state index in [1.165, 1.54) is 0 Å². The summed E-state index contributed by atoms with van der Waals surface area (Å²) < 4.78 is 27.0. The van der Waals surface area contributed by atoms with E-state index in [1.54, 1.807) is 23.5 Å². The van der Waals surface area contributed by atoms with E-state index in [2.05, 4.69) is 14.7 Å². The third-order valence-corrected chi connectivity index (χ3v) is 4.89. The van der Waals surface area contributed by atoms with Gasteiger partial charge < -0.3 is 9.47 Å². The number of pyridine rings is 1. The van der Waals surface area contributed by atoms with Crippen molar-refractivity contribution in [3.63, 3.8) is 0 Å². The third-order valence-electron chi connectivity index (χ3n) is 4.16. The van der Waals surface area contributed by atoms with E-state index in [-0.39, 0.29) is 11.9 Å². The number of rotatable bonds is 5. The normalized spacial score (nSPS) is 17.4. The number of hydrogen-bond donors (Lipinski definition) is 1. The van der Waals surface area contributed by atoms with Gasteiger partial charge in [0.1, 0.15) is 5.69 Å². The standard InChI is InChI=1S/C16H21N5O3S/c1-12-4-3-5-15(19-12)16(22)20-9-13(6-7-18-25(2,23)24)21-11-17-8-14(21)10-20/h3-5,8,11,13,18H,6-7,9-10H2,1-2H3/t13-/m0/s1. The Morgan fingerprint density at radius 1 is 1.40 bits per heavy atom. The molecule has 0 bridgehead atoms. The molecule has 2 aromatic heterocycles. The molecule has 0 saturated carbocycles. The lowest BCUT2D eigenvalue weighted by atomic mass is 10.1. The maximum Gasteiger partial charge on any atom is 0.272 e. The van der Waals surface area contributed by atoms with Crippen LogP contribution in [0.4, 0.5) is 0 Å². The first-order chi connectivity index (χ1) is 11.8. The summed E-state index contributed by atoms with van der Waals surface area (Å²) >= 11 is 0. The van der Waals surface area contributed by atoms with Gasteiger partial charge in [0.2, 0.25) is 10.0 Å². The van der Waals surface area contributed by atoms with E-state index in [9.17, 15) is 13.2 Å². The van der Waals surface area contributed by atoms with Gasteiger partial charge in [0.05, 0.1) is 30.9 Å². The van der Waals surface area contributed by atoms with Crippen molar-refractivity contribution in [3.8, 4) is 0 Å². The summed E-state index contributed by atoms with van der Waals surface area (Å²) in [4.78, 5) is 23.0. The van der Waals surface area contributed by atoms with Crippen LogP contribution in [-0.2, 0) is 16.6 Å². The summed E-state index contributed by atoms with van der Waals surface area (Å²) in [6.07, 6.45) is 5.17. The number of carbonyl (C=O) groups is 1. The molecule has 0 spiro atoms. The predicted molar refractivity (Wildman–Crippen MR) is 92.4 cm³/mol. The van der Waals surface area contributed by atoms with Gasteiger partial charge in [-0.3, -0.25) is 4.79 Å². The van der Waals surface area contributed by atoms with Crippen molar-refractivity contribution in [2.45, 2.75) is 25.9 Å². The zero-order valence-corrected chi connectivity index (χ0v) is 15.0. The Labute approximate surface area is 146 Å². The lowest BCUT2D eigenvalue weighted by Crippen LogP contribution is -2.42. The van der Waals surface area contributed by atoms with E-state index in [4.69, 9.17) is 0 Å². The quantitative estimate of drug-likeness (QED) is 0.844. The Bertz CT molecular complexity index is 877. The van der Waals surface area contributed by atoms with Crippen LogP contribution in [0.5, 0.6) is 0 Å². The van der Waals surface area contributed by atoms with Crippen LogP contribution in [0.3, 0.4) is 0 Å². The Balaban J connectivity index is 1.76. The van der Waals surface area contributed by atoms with Crippen LogP contribution in [-0.4, -0.2) is 53.1 Å². The van der Waals surface area contributed by atoms with Crippen molar-refractivity contribution < 1.29 is 13.2 Å². The smallest absolute Gasteiger partial charge is 0.272 e. The Morgan fingerprint density at radius 2 is 2.20 bits per heavy atom. The number of sulfonamides is 1. The van der Waals surface area contributed by atoms with Gasteiger partial charge in [-0.2, -0.15) is 0 Å². The van der Waals surface area contributed by atoms with Crippen molar-refractivity contribution in [3.05, 3.63) is 47.8 Å². The molecule has 1 amide bonds. The van der Waals surface area contributed by atoms with Gasteiger partial charge in [-0.1, -0.05) is 6.07 Å². The molecule has 1 aliphatic heterocycles. The van der Waals surface area contributed by atoms with Gasteiger partial charge in [0.15, 0.2) is 0 Å². The molecule has 1 aliphatic rings. The van der Waals surface area contributed by atoms with Gasteiger partial charge >= 0.3 is 0 Å². The highest BCUT2D eigenvalue weighted by Crippen LogP contribution is 2.24. The van der Waals surface area contributed by atoms with Gasteiger partial charge in [0.25, 0.3) is 5.91 Å². The molecule has 8 nitrogen and oxygen atoms in total. The van der Waals surface area contributed by atoms with Crippen molar-refractivity contribution >= 4 is 15.9 Å². The van der Waals surface area contributed by atoms with Crippen LogP contribution < -0.4 is 4.72 Å². The topological polar surface area (TPSA) is 97.2 Å². The van der Waals surface area contributed by atoms with E-state index in [0.29, 0.717) is 31.7 Å². The number of aryl methyl sites for hydroxylation is 1. The maximum atomic E-state index is 12.8. The molecule has 3 heterocycles. The van der Waals surface area contributed by atoms with Gasteiger partial charge in [-0.15, -0.1) is 0 Å². The Hall–Kier alpha value is -2.26. The first kappa shape index (κ1) is 17.6. The van der Waals surface area contributed by atoms with Crippen LogP contribution in [0.1, 0.15) is 34.3 Å². The molecule has 0 fully saturated rings. The Kier molecular flexibility index (Phi) is 4.87. The number of amides is 1. The fourth-order valence-corrected chi connectivity index (χ4v) is 3.49. The minimum atomic E-state index is -3.23. The fourth-order valence-electron chi connectivity index (χ4n) is 3.01. The highest BCUT2D eigenvalue weighted by molar-refractivity contribution is 7.88. The van der Waals surface area contributed by atoms with Crippen LogP contribution in [0, 0.1) is 6.92 Å². The monoisotopic (exact) mass is 363 g/mol. The predicted octanol–water partition coefficient (Wildman–Crippen LogP) is 0.723. The zero-order chi connectivity index (χ0) is 18.0. The number of imidazole rings is 1. The molecule has 0 aromatic carbocycles. The van der Waals surface area contributed by atoms with Crippen molar-refractivity contribution in [2.75, 3.05) is 19.3 Å². The lowest BCUT2D eigenvalue weighted by molar-refractivity contribution is 0.0668. The highest BCUT2D eigenvalue weighted by atomic mass is 32.2. The van der Waals surface area contributed by atoms with Gasteiger partial charge in [-0.05, 0) is 25.5 Å². The molecule has 25 heavy (non-hydrogen) atoms. The minimum Gasteiger partial charge on any atom is -0.329 e. The lowest BCUT2D eigenvalue weighted by Gasteiger charge is -2.34. The summed E-state index contributed by atoms with van der Waals surface area (Å²) in [5.74, 6) is -0.128. The number of hydrogen-bond acceptors (Lipinski definition) is 5. The molecular formula is C16H21N5O3S. The number of fused-ring (bicyclic) bond motifs is 1. The average Bonchev–Trinajstić information content (AvgIpc) is 3.01. The van der Waals surface area contributed by atoms with Crippen LogP contribution in [0.2, 0.25) is 0 Å². The molecule has 0 aliphatic carbocycles. The minimum absolute atomic E-state index is 0.0331. The number of carbonyl (C=O) groups excluding carboxylic acids is 1. The van der Waals surface area contributed by atoms with Crippen molar-refractivity contribution in [1.82, 2.24) is 24.2 Å². The summed E-state index contributed by atoms with van der Waals surface area (Å²) in [6, 6.07) is 5.34. The van der Waals surface area contributed by atoms with Crippen molar-refractivity contribution in [1.29, 1.82) is 0 Å². The summed E-state index contributed by atoms with van der Waals surface area (Å²) in [7, 11) is -3.23. The summed E-state index contributed by atoms with van der Waals surface area (Å²) in [6.45, 7) is 3.11. The van der Waals surface area contributed by atoms with Crippen LogP contribution >= 0.6 is 0 Å². The summed E-state index contributed by atoms with van der Waals surface area (Å²) in [5.41, 5.74) is 2.14. The largest absolute Gasteiger partial charge is 0.329 e. The number of nitrogens with zero attached hydrogens (tertiary/aromatic N) is 4. The maximum absolute atomic E-state index is 12.8. The second kappa shape index (κ2) is 6.93. The molecule has 9 heteroatoms. The molecule has 134 valence electrons. The van der Waals surface area contributed by atoms with Crippen LogP contribution in [0.15, 0.2) is 30.7 Å². The first-order valence-electron chi connectivity index (χ1n) is 8.02. The molecule has 2 aromatic rings. The molecular weight excluding hydrogens is 342 g/mol. The van der Waals surface area contributed by atoms with Crippen molar-refractivity contribution in [2.24, 2.45) is 0 Å². The first-order valence-corrected chi connectivity index (χ1v) is 9.91. The van der Waals surface area contributed by atoms with Gasteiger partial charge in [-0.25, -0.2) is 23.1 Å². The number of nitrogens with one attached hydrogen (secondary N) is 1. The second-order valence-electron chi connectivity index (χ2n) is 6.25. The molecule has 0 radical (unpaired) electrons. The third kappa shape index (κ3) is 4.23. The van der Waals surface area contributed by atoms with E-state index in [0.717, 1.165) is 17.6 Å². The fraction of sp³-hybridized carbons (Fsp3) is 0.438. The molecule has 0 saturated heterocycles. The van der Waals surface area contributed by atoms with Gasteiger partial charge in [0, 0.05) is 25.0 Å². The Morgan fingerprint density at radius 3 is 2.92 bits per heavy atom. The SMILES string of the molecule is Cc1cccc(C(=O)N2Cc3cncn3[C@@H](CCNS(C)(=O)=O)C2)n1. The number of aromatic nitrogens is 3. The molecule has 1 N–H and O–H groups in total. The second-order valence-corrected chi connectivity index (χ2v) is 8.08. The summed E-state index contributed by atoms with van der Waals surface area (Å²) in [5, 5.41) is 0. The zero-order valence-electron chi connectivity index (χ0n) is 14.2. The average molecular weight is 363 g/mol. The molecule has 0 unspecified atom stereocenters. The van der Waals surface area contributed by atoms with Crippen LogP contribution in [0.25, 0.3) is 0 Å². The molecule has 1 atom stereocenters.